The first-order valence-electron chi connectivity index (χ1n) is 5.97. The lowest BCUT2D eigenvalue weighted by Gasteiger charge is -2.24. The van der Waals surface area contributed by atoms with Gasteiger partial charge in [0.1, 0.15) is 0 Å². The van der Waals surface area contributed by atoms with Gasteiger partial charge in [-0.15, -0.1) is 0 Å². The van der Waals surface area contributed by atoms with Crippen LogP contribution in [0.5, 0.6) is 0 Å². The van der Waals surface area contributed by atoms with Crippen LogP contribution in [0.3, 0.4) is 0 Å². The maximum atomic E-state index is 12.3. The summed E-state index contributed by atoms with van der Waals surface area (Å²) in [5.74, 6) is 0.542. The molecule has 0 N–H and O–H groups in total. The summed E-state index contributed by atoms with van der Waals surface area (Å²) < 4.78 is 26.2. The first kappa shape index (κ1) is 12.6. The molecule has 1 atom stereocenters. The predicted molar refractivity (Wildman–Crippen MR) is 68.3 cm³/mol. The van der Waals surface area contributed by atoms with Crippen LogP contribution in [-0.4, -0.2) is 25.8 Å². The fraction of sp³-hybridized carbons (Fsp3) is 0.538. The van der Waals surface area contributed by atoms with Crippen LogP contribution in [0.1, 0.15) is 25.3 Å². The van der Waals surface area contributed by atoms with Gasteiger partial charge in [0.2, 0.25) is 10.0 Å². The molecule has 94 valence electrons. The Bertz CT molecular complexity index is 489. The first-order valence-corrected chi connectivity index (χ1v) is 7.41. The van der Waals surface area contributed by atoms with Gasteiger partial charge in [-0.05, 0) is 44.7 Å². The first-order chi connectivity index (χ1) is 7.93. The summed E-state index contributed by atoms with van der Waals surface area (Å²) in [6.45, 7) is 3.94. The molecule has 1 aromatic rings. The average Bonchev–Trinajstić information content (AvgIpc) is 3.11. The van der Waals surface area contributed by atoms with Crippen molar-refractivity contribution >= 4 is 10.0 Å². The Morgan fingerprint density at radius 2 is 1.76 bits per heavy atom. The molecule has 1 unspecified atom stereocenters. The monoisotopic (exact) mass is 253 g/mol. The summed E-state index contributed by atoms with van der Waals surface area (Å²) in [6.07, 6.45) is 2.30. The molecule has 4 heteroatoms. The summed E-state index contributed by atoms with van der Waals surface area (Å²) in [6, 6.07) is 7.13. The highest BCUT2D eigenvalue weighted by molar-refractivity contribution is 7.89. The molecule has 1 aromatic carbocycles. The molecule has 1 aliphatic carbocycles. The third-order valence-electron chi connectivity index (χ3n) is 3.58. The van der Waals surface area contributed by atoms with Gasteiger partial charge in [-0.25, -0.2) is 8.42 Å². The average molecular weight is 253 g/mol. The van der Waals surface area contributed by atoms with Crippen molar-refractivity contribution in [2.24, 2.45) is 5.92 Å². The van der Waals surface area contributed by atoms with Crippen molar-refractivity contribution in [1.29, 1.82) is 0 Å². The topological polar surface area (TPSA) is 37.4 Å². The van der Waals surface area contributed by atoms with Gasteiger partial charge in [-0.2, -0.15) is 4.31 Å². The van der Waals surface area contributed by atoms with E-state index >= 15 is 0 Å². The number of rotatable bonds is 4. The third-order valence-corrected chi connectivity index (χ3v) is 5.53. The van der Waals surface area contributed by atoms with Crippen LogP contribution < -0.4 is 0 Å². The zero-order chi connectivity index (χ0) is 12.6. The van der Waals surface area contributed by atoms with E-state index in [1.807, 2.05) is 26.0 Å². The van der Waals surface area contributed by atoms with Crippen LogP contribution in [-0.2, 0) is 10.0 Å². The van der Waals surface area contributed by atoms with E-state index < -0.39 is 10.0 Å². The predicted octanol–water partition coefficient (Wildman–Crippen LogP) is 2.41. The van der Waals surface area contributed by atoms with E-state index in [-0.39, 0.29) is 6.04 Å². The highest BCUT2D eigenvalue weighted by atomic mass is 32.2. The molecule has 17 heavy (non-hydrogen) atoms. The lowest BCUT2D eigenvalue weighted by molar-refractivity contribution is 0.357. The molecule has 3 nitrogen and oxygen atoms in total. The van der Waals surface area contributed by atoms with Crippen LogP contribution in [0, 0.1) is 12.8 Å². The van der Waals surface area contributed by atoms with Crippen molar-refractivity contribution in [1.82, 2.24) is 4.31 Å². The van der Waals surface area contributed by atoms with Gasteiger partial charge in [-0.3, -0.25) is 0 Å². The fourth-order valence-corrected chi connectivity index (χ4v) is 3.39. The zero-order valence-corrected chi connectivity index (χ0v) is 11.4. The van der Waals surface area contributed by atoms with E-state index in [1.54, 1.807) is 19.2 Å². The molecule has 2 rings (SSSR count). The second-order valence-corrected chi connectivity index (χ2v) is 6.91. The highest BCUT2D eigenvalue weighted by Gasteiger charge is 2.35. The van der Waals surface area contributed by atoms with E-state index in [4.69, 9.17) is 0 Å². The number of aryl methyl sites for hydroxylation is 1. The lowest BCUT2D eigenvalue weighted by Crippen LogP contribution is -2.36. The molecular formula is C13H19NO2S. The molecule has 1 saturated carbocycles. The molecule has 1 fully saturated rings. The van der Waals surface area contributed by atoms with Crippen molar-refractivity contribution in [3.05, 3.63) is 29.8 Å². The normalized spacial score (nSPS) is 18.4. The van der Waals surface area contributed by atoms with Crippen LogP contribution in [0.25, 0.3) is 0 Å². The second kappa shape index (κ2) is 4.42. The van der Waals surface area contributed by atoms with Gasteiger partial charge >= 0.3 is 0 Å². The summed E-state index contributed by atoms with van der Waals surface area (Å²) >= 11 is 0. The van der Waals surface area contributed by atoms with E-state index in [0.717, 1.165) is 18.4 Å². The quantitative estimate of drug-likeness (QED) is 0.826. The SMILES string of the molecule is Cc1ccc(S(=O)(=O)N(C)C(C)C2CC2)cc1. The second-order valence-electron chi connectivity index (χ2n) is 4.91. The number of benzene rings is 1. The van der Waals surface area contributed by atoms with Crippen molar-refractivity contribution < 1.29 is 8.42 Å². The van der Waals surface area contributed by atoms with Crippen molar-refractivity contribution in [3.8, 4) is 0 Å². The molecule has 0 radical (unpaired) electrons. The zero-order valence-electron chi connectivity index (χ0n) is 10.6. The summed E-state index contributed by atoms with van der Waals surface area (Å²) in [5, 5.41) is 0. The minimum absolute atomic E-state index is 0.0984. The van der Waals surface area contributed by atoms with Gasteiger partial charge in [0.15, 0.2) is 0 Å². The van der Waals surface area contributed by atoms with Crippen LogP contribution >= 0.6 is 0 Å². The molecule has 0 aliphatic heterocycles. The number of hydrogen-bond acceptors (Lipinski definition) is 2. The Kier molecular flexibility index (Phi) is 3.27. The minimum Gasteiger partial charge on any atom is -0.207 e. The Hall–Kier alpha value is -0.870. The van der Waals surface area contributed by atoms with Crippen LogP contribution in [0.2, 0.25) is 0 Å². The summed E-state index contributed by atoms with van der Waals surface area (Å²) in [4.78, 5) is 0.387. The molecule has 0 bridgehead atoms. The summed E-state index contributed by atoms with van der Waals surface area (Å²) in [7, 11) is -1.65. The smallest absolute Gasteiger partial charge is 0.207 e. The highest BCUT2D eigenvalue weighted by Crippen LogP contribution is 2.36. The van der Waals surface area contributed by atoms with E-state index in [2.05, 4.69) is 0 Å². The largest absolute Gasteiger partial charge is 0.243 e. The van der Waals surface area contributed by atoms with Crippen molar-refractivity contribution in [3.63, 3.8) is 0 Å². The maximum absolute atomic E-state index is 12.3. The van der Waals surface area contributed by atoms with E-state index in [1.165, 1.54) is 4.31 Å². The lowest BCUT2D eigenvalue weighted by atomic mass is 10.2. The Morgan fingerprint density at radius 3 is 2.24 bits per heavy atom. The van der Waals surface area contributed by atoms with Gasteiger partial charge < -0.3 is 0 Å². The van der Waals surface area contributed by atoms with Crippen LogP contribution in [0.15, 0.2) is 29.2 Å². The van der Waals surface area contributed by atoms with Gasteiger partial charge in [0.25, 0.3) is 0 Å². The molecular weight excluding hydrogens is 234 g/mol. The van der Waals surface area contributed by atoms with Gasteiger partial charge in [-0.1, -0.05) is 17.7 Å². The Labute approximate surface area is 104 Å². The molecule has 0 amide bonds. The number of nitrogens with zero attached hydrogens (tertiary/aromatic N) is 1. The Morgan fingerprint density at radius 1 is 1.24 bits per heavy atom. The van der Waals surface area contributed by atoms with E-state index in [9.17, 15) is 8.42 Å². The Balaban J connectivity index is 2.25. The number of hydrogen-bond donors (Lipinski definition) is 0. The summed E-state index contributed by atoms with van der Waals surface area (Å²) in [5.41, 5.74) is 1.07. The standard InChI is InChI=1S/C13H19NO2S/c1-10-4-8-13(9-5-10)17(15,16)14(3)11(2)12-6-7-12/h4-5,8-9,11-12H,6-7H2,1-3H3. The minimum atomic E-state index is -3.33. The number of sulfonamides is 1. The van der Waals surface area contributed by atoms with Gasteiger partial charge in [0.05, 0.1) is 4.90 Å². The fourth-order valence-electron chi connectivity index (χ4n) is 1.97. The maximum Gasteiger partial charge on any atom is 0.243 e. The van der Waals surface area contributed by atoms with Crippen molar-refractivity contribution in [2.75, 3.05) is 7.05 Å². The molecule has 0 heterocycles. The molecule has 0 aromatic heterocycles. The molecule has 1 aliphatic rings. The van der Waals surface area contributed by atoms with Crippen molar-refractivity contribution in [2.45, 2.75) is 37.6 Å². The molecule has 0 spiro atoms. The van der Waals surface area contributed by atoms with E-state index in [0.29, 0.717) is 10.8 Å². The van der Waals surface area contributed by atoms with Crippen LogP contribution in [0.4, 0.5) is 0 Å². The van der Waals surface area contributed by atoms with Gasteiger partial charge in [0, 0.05) is 13.1 Å². The third kappa shape index (κ3) is 2.53. The molecule has 0 saturated heterocycles.